The van der Waals surface area contributed by atoms with E-state index in [9.17, 15) is 0 Å². The lowest BCUT2D eigenvalue weighted by molar-refractivity contribution is 1.03. The molecule has 396 valence electrons. The zero-order valence-electron chi connectivity index (χ0n) is 44.4. The van der Waals surface area contributed by atoms with Crippen LogP contribution in [0.1, 0.15) is 0 Å². The van der Waals surface area contributed by atoms with E-state index in [1.165, 1.54) is 0 Å². The Morgan fingerprint density at radius 1 is 0.131 bits per heavy atom. The Bertz CT molecular complexity index is 3770. The number of pyridine rings is 12. The van der Waals surface area contributed by atoms with Gasteiger partial charge in [0.05, 0.1) is 91.1 Å². The minimum absolute atomic E-state index is 0.392. The summed E-state index contributed by atoms with van der Waals surface area (Å²) in [6.45, 7) is 0. The molecule has 17 nitrogen and oxygen atoms in total. The van der Waals surface area contributed by atoms with Gasteiger partial charge in [0.1, 0.15) is 22.8 Å². The number of hydrogen-bond acceptors (Lipinski definition) is 17. The van der Waals surface area contributed by atoms with Gasteiger partial charge in [-0.3, -0.25) is 29.9 Å². The minimum Gasteiger partial charge on any atom is -0.255 e. The van der Waals surface area contributed by atoms with Gasteiger partial charge in [0, 0.05) is 37.2 Å². The summed E-state index contributed by atoms with van der Waals surface area (Å²) in [6, 6.07) is 70.7. The standard InChI is InChI=1S/C34H22N8.C33H21N9/c1-4-19-35-23(10-1)26-13-7-16-29(38-26)32-22-33(30-17-8-14-27(39-30)24-11-2-5-20-36-24)42-34(41-32)31-18-9-15-28(40-31)25-12-3-6-21-37-25;1-4-19-34-22(10-1)25-13-7-16-28(37-25)31-40-32(29-17-8-14-26(38-29)23-11-2-5-20-35-23)42-33(41-31)30-18-9-15-27(39-30)24-12-3-6-21-36-24/h1-22H;1-21H. The molecule has 0 aliphatic rings. The molecule has 0 aliphatic heterocycles. The van der Waals surface area contributed by atoms with Gasteiger partial charge in [-0.05, 0) is 152 Å². The third kappa shape index (κ3) is 11.8. The van der Waals surface area contributed by atoms with Crippen molar-refractivity contribution in [2.75, 3.05) is 0 Å². The van der Waals surface area contributed by atoms with Gasteiger partial charge in [0.2, 0.25) is 0 Å². The SMILES string of the molecule is c1ccc(-c2cccc(-c3cc(-c4cccc(-c5ccccn5)n4)nc(-c4cccc(-c5ccccn5)n4)n3)n2)nc1.c1ccc(-c2cccc(-c3nc(-c4cccc(-c5ccccn5)n4)nc(-c4cccc(-c5ccccn5)n4)n3)n2)nc1. The van der Waals surface area contributed by atoms with Crippen LogP contribution in [0.3, 0.4) is 0 Å². The largest absolute Gasteiger partial charge is 0.255 e. The van der Waals surface area contributed by atoms with Crippen LogP contribution in [0.25, 0.3) is 137 Å². The topological polar surface area (TPSA) is 219 Å². The summed E-state index contributed by atoms with van der Waals surface area (Å²) in [6.07, 6.45) is 10.5. The molecule has 0 atom stereocenters. The van der Waals surface area contributed by atoms with E-state index in [1.54, 1.807) is 37.2 Å². The van der Waals surface area contributed by atoms with E-state index in [0.717, 1.165) is 51.2 Å². The molecule has 0 unspecified atom stereocenters. The van der Waals surface area contributed by atoms with Gasteiger partial charge in [-0.2, -0.15) is 0 Å². The van der Waals surface area contributed by atoms with E-state index in [4.69, 9.17) is 54.8 Å². The van der Waals surface area contributed by atoms with Crippen molar-refractivity contribution in [1.82, 2.24) is 84.7 Å². The quantitative estimate of drug-likeness (QED) is 0.111. The monoisotopic (exact) mass is 1090 g/mol. The van der Waals surface area contributed by atoms with E-state index in [0.29, 0.717) is 85.9 Å². The van der Waals surface area contributed by atoms with Gasteiger partial charge in [0.15, 0.2) is 23.3 Å². The normalized spacial score (nSPS) is 10.9. The molecule has 0 N–H and O–H groups in total. The predicted molar refractivity (Wildman–Crippen MR) is 321 cm³/mol. The Morgan fingerprint density at radius 2 is 0.310 bits per heavy atom. The number of rotatable bonds is 12. The maximum absolute atomic E-state index is 4.93. The second-order valence-corrected chi connectivity index (χ2v) is 18.5. The van der Waals surface area contributed by atoms with Gasteiger partial charge >= 0.3 is 0 Å². The van der Waals surface area contributed by atoms with E-state index in [2.05, 4.69) is 29.9 Å². The zero-order chi connectivity index (χ0) is 56.3. The molecular formula is C67H43N17. The molecule has 14 heterocycles. The molecule has 0 spiro atoms. The van der Waals surface area contributed by atoms with Crippen molar-refractivity contribution in [2.24, 2.45) is 0 Å². The van der Waals surface area contributed by atoms with E-state index in [-0.39, 0.29) is 0 Å². The van der Waals surface area contributed by atoms with Gasteiger partial charge in [-0.15, -0.1) is 0 Å². The Labute approximate surface area is 481 Å². The van der Waals surface area contributed by atoms with Crippen molar-refractivity contribution in [2.45, 2.75) is 0 Å². The molecule has 0 amide bonds. The number of aromatic nitrogens is 17. The molecule has 14 rings (SSSR count). The summed E-state index contributed by atoms with van der Waals surface area (Å²) in [5.41, 5.74) is 13.9. The summed E-state index contributed by atoms with van der Waals surface area (Å²) in [5, 5.41) is 0. The molecule has 0 radical (unpaired) electrons. The fourth-order valence-electron chi connectivity index (χ4n) is 8.88. The molecular weight excluding hydrogens is 1040 g/mol. The molecule has 0 saturated carbocycles. The highest BCUT2D eigenvalue weighted by atomic mass is 15.1. The molecule has 14 aromatic rings. The Hall–Kier alpha value is -12.1. The lowest BCUT2D eigenvalue weighted by Crippen LogP contribution is -2.04. The Balaban J connectivity index is 0.000000157. The summed E-state index contributed by atoms with van der Waals surface area (Å²) in [5.74, 6) is 1.63. The highest BCUT2D eigenvalue weighted by Crippen LogP contribution is 2.31. The van der Waals surface area contributed by atoms with Crippen LogP contribution >= 0.6 is 0 Å². The average molecular weight is 1090 g/mol. The van der Waals surface area contributed by atoms with Crippen molar-refractivity contribution in [1.29, 1.82) is 0 Å². The Morgan fingerprint density at radius 3 is 0.524 bits per heavy atom. The van der Waals surface area contributed by atoms with Crippen LogP contribution in [0, 0.1) is 0 Å². The summed E-state index contributed by atoms with van der Waals surface area (Å²) in [4.78, 5) is 80.2. The summed E-state index contributed by atoms with van der Waals surface area (Å²) < 4.78 is 0. The predicted octanol–water partition coefficient (Wildman–Crippen LogP) is 13.1. The van der Waals surface area contributed by atoms with Gasteiger partial charge in [0.25, 0.3) is 0 Å². The van der Waals surface area contributed by atoms with Crippen molar-refractivity contribution in [3.8, 4) is 137 Å². The lowest BCUT2D eigenvalue weighted by atomic mass is 10.1. The first-order valence-electron chi connectivity index (χ1n) is 26.6. The fourth-order valence-corrected chi connectivity index (χ4v) is 8.88. The fraction of sp³-hybridized carbons (Fsp3) is 0. The highest BCUT2D eigenvalue weighted by molar-refractivity contribution is 5.72. The second kappa shape index (κ2) is 24.1. The molecule has 0 fully saturated rings. The first-order valence-corrected chi connectivity index (χ1v) is 26.6. The van der Waals surface area contributed by atoms with Crippen LogP contribution in [-0.2, 0) is 0 Å². The third-order valence-electron chi connectivity index (χ3n) is 12.9. The van der Waals surface area contributed by atoms with E-state index < -0.39 is 0 Å². The van der Waals surface area contributed by atoms with Crippen LogP contribution in [-0.4, -0.2) is 84.7 Å². The number of hydrogen-bond donors (Lipinski definition) is 0. The minimum atomic E-state index is 0.392. The van der Waals surface area contributed by atoms with Crippen molar-refractivity contribution in [3.05, 3.63) is 262 Å². The van der Waals surface area contributed by atoms with E-state index in [1.807, 2.05) is 224 Å². The molecule has 0 bridgehead atoms. The molecule has 0 saturated heterocycles. The molecule has 14 aromatic heterocycles. The van der Waals surface area contributed by atoms with Crippen LogP contribution in [0.2, 0.25) is 0 Å². The van der Waals surface area contributed by atoms with E-state index >= 15 is 0 Å². The van der Waals surface area contributed by atoms with Crippen LogP contribution in [0.5, 0.6) is 0 Å². The highest BCUT2D eigenvalue weighted by Gasteiger charge is 2.19. The molecule has 0 aliphatic carbocycles. The third-order valence-corrected chi connectivity index (χ3v) is 12.9. The van der Waals surface area contributed by atoms with Crippen molar-refractivity contribution < 1.29 is 0 Å². The lowest BCUT2D eigenvalue weighted by Gasteiger charge is -2.10. The number of nitrogens with zero attached hydrogens (tertiary/aromatic N) is 17. The van der Waals surface area contributed by atoms with Crippen LogP contribution in [0.15, 0.2) is 262 Å². The first-order chi connectivity index (χ1) is 41.6. The first kappa shape index (κ1) is 51.3. The summed E-state index contributed by atoms with van der Waals surface area (Å²) >= 11 is 0. The molecule has 0 aromatic carbocycles. The van der Waals surface area contributed by atoms with Crippen molar-refractivity contribution in [3.63, 3.8) is 0 Å². The molecule has 84 heavy (non-hydrogen) atoms. The van der Waals surface area contributed by atoms with Crippen LogP contribution < -0.4 is 0 Å². The van der Waals surface area contributed by atoms with Crippen LogP contribution in [0.4, 0.5) is 0 Å². The zero-order valence-corrected chi connectivity index (χ0v) is 44.4. The maximum Gasteiger partial charge on any atom is 0.182 e. The summed E-state index contributed by atoms with van der Waals surface area (Å²) in [7, 11) is 0. The van der Waals surface area contributed by atoms with Crippen molar-refractivity contribution >= 4 is 0 Å². The average Bonchev–Trinajstić information content (AvgIpc) is 3.78. The molecule has 17 heteroatoms. The Kier molecular flexibility index (Phi) is 14.7. The van der Waals surface area contributed by atoms with Gasteiger partial charge in [-0.25, -0.2) is 54.8 Å². The maximum atomic E-state index is 4.93. The second-order valence-electron chi connectivity index (χ2n) is 18.5. The van der Waals surface area contributed by atoms with Gasteiger partial charge in [-0.1, -0.05) is 72.8 Å². The smallest absolute Gasteiger partial charge is 0.182 e. The van der Waals surface area contributed by atoms with Gasteiger partial charge < -0.3 is 0 Å².